The second-order valence-corrected chi connectivity index (χ2v) is 6.07. The number of rotatable bonds is 3. The number of aromatic nitrogens is 3. The molecule has 1 aromatic heterocycles. The van der Waals surface area contributed by atoms with Crippen molar-refractivity contribution in [1.82, 2.24) is 20.6 Å². The van der Waals surface area contributed by atoms with Crippen molar-refractivity contribution in [2.45, 2.75) is 26.2 Å². The van der Waals surface area contributed by atoms with Gasteiger partial charge in [-0.2, -0.15) is 0 Å². The van der Waals surface area contributed by atoms with Gasteiger partial charge in [0.15, 0.2) is 0 Å². The predicted molar refractivity (Wildman–Crippen MR) is 83.9 cm³/mol. The molecule has 0 spiro atoms. The first-order chi connectivity index (χ1) is 10.3. The molecule has 1 amide bonds. The minimum atomic E-state index is -0.451. The van der Waals surface area contributed by atoms with Gasteiger partial charge in [-0.1, -0.05) is 44.5 Å². The topological polar surface area (TPSA) is 99.8 Å². The molecule has 22 heavy (non-hydrogen) atoms. The Morgan fingerprint density at radius 2 is 1.91 bits per heavy atom. The minimum absolute atomic E-state index is 0.0402. The summed E-state index contributed by atoms with van der Waals surface area (Å²) in [6.45, 7) is 5.58. The average Bonchev–Trinajstić information content (AvgIpc) is 2.44. The van der Waals surface area contributed by atoms with Crippen molar-refractivity contribution in [3.8, 4) is 0 Å². The molecule has 2 aromatic rings. The molecule has 116 valence electrons. The quantitative estimate of drug-likeness (QED) is 0.749. The van der Waals surface area contributed by atoms with Crippen LogP contribution in [0.1, 0.15) is 36.8 Å². The van der Waals surface area contributed by atoms with Gasteiger partial charge in [-0.3, -0.25) is 25.4 Å². The summed E-state index contributed by atoms with van der Waals surface area (Å²) in [6, 6.07) is 6.61. The smallest absolute Gasteiger partial charge is 0.274 e. The summed E-state index contributed by atoms with van der Waals surface area (Å²) >= 11 is 5.92. The number of hydrogen-bond donors (Lipinski definition) is 3. The van der Waals surface area contributed by atoms with E-state index in [1.54, 1.807) is 24.3 Å². The first kappa shape index (κ1) is 16.0. The average molecular weight is 322 g/mol. The number of carbonyl (C=O) groups excluding carboxylic acids is 1. The Hall–Kier alpha value is -2.41. The van der Waals surface area contributed by atoms with Crippen LogP contribution >= 0.6 is 11.6 Å². The van der Waals surface area contributed by atoms with Crippen molar-refractivity contribution in [2.24, 2.45) is 0 Å². The number of amides is 1. The molecule has 1 aromatic carbocycles. The maximum Gasteiger partial charge on any atom is 0.274 e. The molecule has 0 radical (unpaired) electrons. The van der Waals surface area contributed by atoms with Gasteiger partial charge in [0.25, 0.3) is 11.5 Å². The number of hydrogen-bond acceptors (Lipinski definition) is 5. The Morgan fingerprint density at radius 3 is 2.50 bits per heavy atom. The van der Waals surface area contributed by atoms with Crippen LogP contribution in [0.2, 0.25) is 5.02 Å². The van der Waals surface area contributed by atoms with Crippen LogP contribution < -0.4 is 16.4 Å². The largest absolute Gasteiger partial charge is 0.288 e. The van der Waals surface area contributed by atoms with Crippen LogP contribution in [0.5, 0.6) is 0 Å². The second-order valence-electron chi connectivity index (χ2n) is 5.66. The van der Waals surface area contributed by atoms with Crippen molar-refractivity contribution in [1.29, 1.82) is 0 Å². The summed E-state index contributed by atoms with van der Waals surface area (Å²) in [4.78, 5) is 26.4. The van der Waals surface area contributed by atoms with E-state index in [2.05, 4.69) is 26.0 Å². The molecule has 0 aliphatic heterocycles. The number of benzene rings is 1. The Labute approximate surface area is 132 Å². The van der Waals surface area contributed by atoms with Crippen LogP contribution in [0.15, 0.2) is 29.1 Å². The summed E-state index contributed by atoms with van der Waals surface area (Å²) in [7, 11) is 0. The predicted octanol–water partition coefficient (Wildman–Crippen LogP) is 1.87. The number of carbonyl (C=O) groups is 1. The molecule has 0 aliphatic rings. The highest BCUT2D eigenvalue weighted by atomic mass is 35.5. The summed E-state index contributed by atoms with van der Waals surface area (Å²) in [5, 5.41) is 8.04. The summed E-state index contributed by atoms with van der Waals surface area (Å²) in [5.74, 6) is -0.411. The molecule has 0 atom stereocenters. The molecule has 3 N–H and O–H groups in total. The number of H-pyrrole nitrogens is 1. The van der Waals surface area contributed by atoms with E-state index < -0.39 is 11.3 Å². The van der Waals surface area contributed by atoms with Gasteiger partial charge in [-0.25, -0.2) is 0 Å². The van der Waals surface area contributed by atoms with E-state index in [0.29, 0.717) is 16.3 Å². The van der Waals surface area contributed by atoms with Gasteiger partial charge in [0.1, 0.15) is 5.69 Å². The van der Waals surface area contributed by atoms with Gasteiger partial charge < -0.3 is 0 Å². The van der Waals surface area contributed by atoms with Gasteiger partial charge in [-0.15, -0.1) is 10.2 Å². The van der Waals surface area contributed by atoms with Crippen molar-refractivity contribution < 1.29 is 4.79 Å². The lowest BCUT2D eigenvalue weighted by atomic mass is 9.93. The first-order valence-corrected chi connectivity index (χ1v) is 6.95. The number of nitrogens with one attached hydrogen (secondary N) is 3. The molecule has 0 fully saturated rings. The van der Waals surface area contributed by atoms with E-state index in [9.17, 15) is 9.59 Å². The lowest BCUT2D eigenvalue weighted by molar-refractivity contribution is 0.0962. The van der Waals surface area contributed by atoms with Gasteiger partial charge >= 0.3 is 0 Å². The molecule has 0 bridgehead atoms. The van der Waals surface area contributed by atoms with E-state index >= 15 is 0 Å². The molecular formula is C14H16ClN5O2. The third-order valence-electron chi connectivity index (χ3n) is 2.82. The maximum absolute atomic E-state index is 12.0. The van der Waals surface area contributed by atoms with E-state index in [1.165, 1.54) is 0 Å². The highest BCUT2D eigenvalue weighted by Gasteiger charge is 2.20. The summed E-state index contributed by atoms with van der Waals surface area (Å²) < 4.78 is 0. The van der Waals surface area contributed by atoms with Crippen LogP contribution in [-0.4, -0.2) is 21.1 Å². The monoisotopic (exact) mass is 321 g/mol. The van der Waals surface area contributed by atoms with Crippen LogP contribution in [0, 0.1) is 0 Å². The van der Waals surface area contributed by atoms with Crippen molar-refractivity contribution in [3.05, 3.63) is 50.9 Å². The third kappa shape index (κ3) is 3.62. The van der Waals surface area contributed by atoms with E-state index in [4.69, 9.17) is 11.6 Å². The number of nitrogens with zero attached hydrogens (tertiary/aromatic N) is 2. The fraction of sp³-hybridized carbons (Fsp3) is 0.286. The molecule has 0 saturated carbocycles. The van der Waals surface area contributed by atoms with Crippen LogP contribution in [0.3, 0.4) is 0 Å². The van der Waals surface area contributed by atoms with Crippen LogP contribution in [-0.2, 0) is 5.41 Å². The number of hydrazine groups is 1. The number of halogens is 1. The van der Waals surface area contributed by atoms with E-state index in [0.717, 1.165) is 0 Å². The van der Waals surface area contributed by atoms with Crippen LogP contribution in [0.4, 0.5) is 5.95 Å². The zero-order valence-corrected chi connectivity index (χ0v) is 13.2. The zero-order chi connectivity index (χ0) is 16.3. The molecule has 8 heteroatoms. The Morgan fingerprint density at radius 1 is 1.23 bits per heavy atom. The molecule has 0 unspecified atom stereocenters. The normalized spacial score (nSPS) is 11.1. The number of anilines is 1. The second kappa shape index (κ2) is 6.15. The first-order valence-electron chi connectivity index (χ1n) is 6.57. The fourth-order valence-corrected chi connectivity index (χ4v) is 1.93. The van der Waals surface area contributed by atoms with Gasteiger partial charge in [0.2, 0.25) is 5.95 Å². The van der Waals surface area contributed by atoms with Crippen molar-refractivity contribution in [3.63, 3.8) is 0 Å². The minimum Gasteiger partial charge on any atom is -0.288 e. The van der Waals surface area contributed by atoms with Gasteiger partial charge in [0.05, 0.1) is 10.6 Å². The molecular weight excluding hydrogens is 306 g/mol. The molecule has 0 saturated heterocycles. The third-order valence-corrected chi connectivity index (χ3v) is 3.15. The van der Waals surface area contributed by atoms with Crippen molar-refractivity contribution >= 4 is 23.5 Å². The van der Waals surface area contributed by atoms with Gasteiger partial charge in [-0.05, 0) is 12.1 Å². The lowest BCUT2D eigenvalue weighted by Gasteiger charge is -2.15. The molecule has 7 nitrogen and oxygen atoms in total. The fourth-order valence-electron chi connectivity index (χ4n) is 1.71. The standard InChI is InChI=1S/C14H16ClN5O2/c1-14(2,3)10-12(22)16-13(19-17-10)20-18-11(21)8-6-4-5-7-9(8)15/h4-7H,1-3H3,(H,18,21)(H2,16,19,20,22). The Kier molecular flexibility index (Phi) is 4.46. The SMILES string of the molecule is CC(C)(C)c1nnc(NNC(=O)c2ccccc2Cl)[nH]c1=O. The Balaban J connectivity index is 2.10. The zero-order valence-electron chi connectivity index (χ0n) is 12.4. The van der Waals surface area contributed by atoms with Gasteiger partial charge in [0, 0.05) is 5.41 Å². The lowest BCUT2D eigenvalue weighted by Crippen LogP contribution is -2.34. The highest BCUT2D eigenvalue weighted by Crippen LogP contribution is 2.15. The summed E-state index contributed by atoms with van der Waals surface area (Å²) in [5.41, 5.74) is 4.74. The van der Waals surface area contributed by atoms with Crippen LogP contribution in [0.25, 0.3) is 0 Å². The highest BCUT2D eigenvalue weighted by molar-refractivity contribution is 6.33. The molecule has 0 aliphatic carbocycles. The molecule has 2 rings (SSSR count). The van der Waals surface area contributed by atoms with Crippen molar-refractivity contribution in [2.75, 3.05) is 5.43 Å². The maximum atomic E-state index is 12.0. The molecule has 1 heterocycles. The van der Waals surface area contributed by atoms with E-state index in [1.807, 2.05) is 20.8 Å². The van der Waals surface area contributed by atoms with E-state index in [-0.39, 0.29) is 11.5 Å². The Bertz CT molecular complexity index is 751. The number of aromatic amines is 1. The summed E-state index contributed by atoms with van der Waals surface area (Å²) in [6.07, 6.45) is 0.